The molecule has 1 aliphatic rings. The van der Waals surface area contributed by atoms with Gasteiger partial charge in [0.1, 0.15) is 10.7 Å². The fourth-order valence-corrected chi connectivity index (χ4v) is 3.58. The molecule has 2 aromatic rings. The number of carbonyl (C=O) groups is 1. The molecule has 7 heteroatoms. The summed E-state index contributed by atoms with van der Waals surface area (Å²) in [6.07, 6.45) is 1.49. The molecule has 0 aliphatic heterocycles. The number of hydrogen-bond donors (Lipinski definition) is 2. The zero-order valence-corrected chi connectivity index (χ0v) is 13.9. The maximum Gasteiger partial charge on any atom is 0.255 e. The minimum absolute atomic E-state index is 0.0770. The topological polar surface area (TPSA) is 75.3 Å². The number of hydrogen-bond acceptors (Lipinski definition) is 3. The van der Waals surface area contributed by atoms with Crippen molar-refractivity contribution < 1.29 is 17.6 Å². The second kappa shape index (κ2) is 6.33. The number of nitrogens with one attached hydrogen (secondary N) is 2. The minimum Gasteiger partial charge on any atom is -0.322 e. The zero-order valence-electron chi connectivity index (χ0n) is 13.0. The van der Waals surface area contributed by atoms with Gasteiger partial charge in [0.15, 0.2) is 0 Å². The monoisotopic (exact) mass is 348 g/mol. The van der Waals surface area contributed by atoms with E-state index in [1.165, 1.54) is 6.07 Å². The lowest BCUT2D eigenvalue weighted by Gasteiger charge is -2.10. The summed E-state index contributed by atoms with van der Waals surface area (Å²) in [6, 6.07) is 10.3. The SMILES string of the molecule is Cc1ccc(NC(=O)c2ccc(F)c(S(=O)(=O)NC3CC3)c2)cc1. The van der Waals surface area contributed by atoms with Crippen molar-refractivity contribution in [1.82, 2.24) is 4.72 Å². The van der Waals surface area contributed by atoms with Crippen molar-refractivity contribution >= 4 is 21.6 Å². The first kappa shape index (κ1) is 16.6. The summed E-state index contributed by atoms with van der Waals surface area (Å²) in [5.41, 5.74) is 1.71. The molecule has 3 rings (SSSR count). The van der Waals surface area contributed by atoms with Crippen LogP contribution in [0.15, 0.2) is 47.4 Å². The molecule has 5 nitrogen and oxygen atoms in total. The summed E-state index contributed by atoms with van der Waals surface area (Å²) in [7, 11) is -3.97. The van der Waals surface area contributed by atoms with E-state index in [-0.39, 0.29) is 11.6 Å². The van der Waals surface area contributed by atoms with Gasteiger partial charge in [0, 0.05) is 17.3 Å². The van der Waals surface area contributed by atoms with E-state index < -0.39 is 26.6 Å². The number of rotatable bonds is 5. The van der Waals surface area contributed by atoms with Gasteiger partial charge in [-0.05, 0) is 50.1 Å². The maximum absolute atomic E-state index is 13.9. The second-order valence-corrected chi connectivity index (χ2v) is 7.54. The van der Waals surface area contributed by atoms with Gasteiger partial charge in [-0.1, -0.05) is 17.7 Å². The molecule has 24 heavy (non-hydrogen) atoms. The third-order valence-electron chi connectivity index (χ3n) is 3.69. The molecular formula is C17H17FN2O3S. The minimum atomic E-state index is -3.97. The number of aryl methyl sites for hydroxylation is 1. The molecule has 0 spiro atoms. The van der Waals surface area contributed by atoms with Crippen molar-refractivity contribution in [3.63, 3.8) is 0 Å². The Morgan fingerprint density at radius 1 is 1.12 bits per heavy atom. The Labute approximate surface area is 139 Å². The van der Waals surface area contributed by atoms with Crippen LogP contribution in [0.1, 0.15) is 28.8 Å². The Bertz CT molecular complexity index is 875. The number of anilines is 1. The van der Waals surface area contributed by atoms with Crippen molar-refractivity contribution in [2.75, 3.05) is 5.32 Å². The number of benzene rings is 2. The van der Waals surface area contributed by atoms with Crippen molar-refractivity contribution in [3.8, 4) is 0 Å². The van der Waals surface area contributed by atoms with Crippen LogP contribution in [0.4, 0.5) is 10.1 Å². The third-order valence-corrected chi connectivity index (χ3v) is 5.23. The molecule has 0 bridgehead atoms. The van der Waals surface area contributed by atoms with Gasteiger partial charge in [-0.15, -0.1) is 0 Å². The van der Waals surface area contributed by atoms with Crippen LogP contribution in [0, 0.1) is 12.7 Å². The quantitative estimate of drug-likeness (QED) is 0.872. The molecule has 1 fully saturated rings. The van der Waals surface area contributed by atoms with E-state index in [4.69, 9.17) is 0 Å². The fourth-order valence-electron chi connectivity index (χ4n) is 2.17. The molecule has 126 valence electrons. The van der Waals surface area contributed by atoms with E-state index in [9.17, 15) is 17.6 Å². The first-order valence-corrected chi connectivity index (χ1v) is 9.03. The van der Waals surface area contributed by atoms with E-state index >= 15 is 0 Å². The molecular weight excluding hydrogens is 331 g/mol. The van der Waals surface area contributed by atoms with Crippen LogP contribution in [-0.2, 0) is 10.0 Å². The molecule has 0 unspecified atom stereocenters. The number of sulfonamides is 1. The second-order valence-electron chi connectivity index (χ2n) is 5.86. The van der Waals surface area contributed by atoms with Gasteiger partial charge in [0.05, 0.1) is 0 Å². The van der Waals surface area contributed by atoms with Gasteiger partial charge >= 0.3 is 0 Å². The standard InChI is InChI=1S/C17H17FN2O3S/c1-11-2-5-13(6-3-11)19-17(21)12-4-9-15(18)16(10-12)24(22,23)20-14-7-8-14/h2-6,9-10,14,20H,7-8H2,1H3,(H,19,21). The van der Waals surface area contributed by atoms with E-state index in [1.54, 1.807) is 12.1 Å². The first-order valence-electron chi connectivity index (χ1n) is 7.55. The highest BCUT2D eigenvalue weighted by atomic mass is 32.2. The van der Waals surface area contributed by atoms with Crippen LogP contribution < -0.4 is 10.0 Å². The molecule has 2 N–H and O–H groups in total. The molecule has 0 atom stereocenters. The highest BCUT2D eigenvalue weighted by Gasteiger charge is 2.30. The number of amides is 1. The average molecular weight is 348 g/mol. The summed E-state index contributed by atoms with van der Waals surface area (Å²) in [5.74, 6) is -1.38. The molecule has 1 saturated carbocycles. The van der Waals surface area contributed by atoms with E-state index in [1.807, 2.05) is 19.1 Å². The normalized spacial score (nSPS) is 14.4. The fraction of sp³-hybridized carbons (Fsp3) is 0.235. The van der Waals surface area contributed by atoms with E-state index in [0.717, 1.165) is 30.5 Å². The van der Waals surface area contributed by atoms with Crippen molar-refractivity contribution in [2.24, 2.45) is 0 Å². The lowest BCUT2D eigenvalue weighted by atomic mass is 10.2. The molecule has 0 radical (unpaired) electrons. The van der Waals surface area contributed by atoms with Gasteiger partial charge in [-0.25, -0.2) is 17.5 Å². The maximum atomic E-state index is 13.9. The van der Waals surface area contributed by atoms with E-state index in [2.05, 4.69) is 10.0 Å². The average Bonchev–Trinajstić information content (AvgIpc) is 3.33. The zero-order chi connectivity index (χ0) is 17.3. The lowest BCUT2D eigenvalue weighted by Crippen LogP contribution is -2.27. The van der Waals surface area contributed by atoms with Crippen molar-refractivity contribution in [2.45, 2.75) is 30.7 Å². The van der Waals surface area contributed by atoms with Gasteiger partial charge in [-0.2, -0.15) is 0 Å². The first-order chi connectivity index (χ1) is 11.3. The summed E-state index contributed by atoms with van der Waals surface area (Å²) in [4.78, 5) is 11.8. The molecule has 2 aromatic carbocycles. The van der Waals surface area contributed by atoms with Gasteiger partial charge < -0.3 is 5.32 Å². The highest BCUT2D eigenvalue weighted by Crippen LogP contribution is 2.24. The Morgan fingerprint density at radius 2 is 1.79 bits per heavy atom. The Kier molecular flexibility index (Phi) is 4.38. The van der Waals surface area contributed by atoms with Crippen LogP contribution in [0.5, 0.6) is 0 Å². The summed E-state index contributed by atoms with van der Waals surface area (Å²) >= 11 is 0. The van der Waals surface area contributed by atoms with Crippen molar-refractivity contribution in [1.29, 1.82) is 0 Å². The highest BCUT2D eigenvalue weighted by molar-refractivity contribution is 7.89. The summed E-state index contributed by atoms with van der Waals surface area (Å²) < 4.78 is 40.7. The molecule has 1 aliphatic carbocycles. The lowest BCUT2D eigenvalue weighted by molar-refractivity contribution is 0.102. The predicted octanol–water partition coefficient (Wildman–Crippen LogP) is 2.83. The van der Waals surface area contributed by atoms with Crippen LogP contribution in [-0.4, -0.2) is 20.4 Å². The van der Waals surface area contributed by atoms with Gasteiger partial charge in [-0.3, -0.25) is 4.79 Å². The molecule has 1 amide bonds. The Hall–Kier alpha value is -2.25. The van der Waals surface area contributed by atoms with Crippen LogP contribution in [0.2, 0.25) is 0 Å². The summed E-state index contributed by atoms with van der Waals surface area (Å²) in [6.45, 7) is 1.93. The predicted molar refractivity (Wildman–Crippen MR) is 88.9 cm³/mol. The largest absolute Gasteiger partial charge is 0.322 e. The van der Waals surface area contributed by atoms with Crippen LogP contribution in [0.3, 0.4) is 0 Å². The Morgan fingerprint density at radius 3 is 2.42 bits per heavy atom. The van der Waals surface area contributed by atoms with Crippen LogP contribution in [0.25, 0.3) is 0 Å². The van der Waals surface area contributed by atoms with Gasteiger partial charge in [0.2, 0.25) is 10.0 Å². The van der Waals surface area contributed by atoms with Crippen molar-refractivity contribution in [3.05, 3.63) is 59.4 Å². The van der Waals surface area contributed by atoms with E-state index in [0.29, 0.717) is 5.69 Å². The third kappa shape index (κ3) is 3.80. The Balaban J connectivity index is 1.84. The number of carbonyl (C=O) groups excluding carboxylic acids is 1. The smallest absolute Gasteiger partial charge is 0.255 e. The molecule has 0 heterocycles. The van der Waals surface area contributed by atoms with Crippen LogP contribution >= 0.6 is 0 Å². The summed E-state index contributed by atoms with van der Waals surface area (Å²) in [5, 5.41) is 2.66. The van der Waals surface area contributed by atoms with Gasteiger partial charge in [0.25, 0.3) is 5.91 Å². The molecule has 0 aromatic heterocycles. The molecule has 0 saturated heterocycles. The number of halogens is 1.